The Balaban J connectivity index is 2.05. The van der Waals surface area contributed by atoms with E-state index in [1.807, 2.05) is 4.90 Å². The molecule has 4 heteroatoms. The molecular formula is C11H20N2O2. The van der Waals surface area contributed by atoms with Crippen molar-refractivity contribution in [2.75, 3.05) is 19.7 Å². The van der Waals surface area contributed by atoms with Crippen molar-refractivity contribution in [1.82, 2.24) is 4.90 Å². The van der Waals surface area contributed by atoms with Crippen LogP contribution in [0.5, 0.6) is 0 Å². The first-order valence-corrected chi connectivity index (χ1v) is 5.96. The lowest BCUT2D eigenvalue weighted by atomic mass is 9.94. The number of carbonyl (C=O) groups is 1. The lowest BCUT2D eigenvalue weighted by Crippen LogP contribution is -2.43. The molecular weight excluding hydrogens is 192 g/mol. The van der Waals surface area contributed by atoms with Crippen LogP contribution in [0.15, 0.2) is 0 Å². The van der Waals surface area contributed by atoms with Gasteiger partial charge in [0, 0.05) is 6.04 Å². The minimum Gasteiger partial charge on any atom is -0.448 e. The maximum absolute atomic E-state index is 11.5. The van der Waals surface area contributed by atoms with Gasteiger partial charge in [0.25, 0.3) is 0 Å². The van der Waals surface area contributed by atoms with Crippen LogP contribution in [-0.2, 0) is 4.74 Å². The minimum atomic E-state index is -0.139. The van der Waals surface area contributed by atoms with Gasteiger partial charge in [0.15, 0.2) is 0 Å². The van der Waals surface area contributed by atoms with Gasteiger partial charge >= 0.3 is 6.09 Å². The van der Waals surface area contributed by atoms with E-state index in [1.54, 1.807) is 0 Å². The predicted octanol–water partition coefficient (Wildman–Crippen LogP) is 1.35. The van der Waals surface area contributed by atoms with Crippen LogP contribution in [0.25, 0.3) is 0 Å². The predicted molar refractivity (Wildman–Crippen MR) is 57.5 cm³/mol. The van der Waals surface area contributed by atoms with Gasteiger partial charge in [0.1, 0.15) is 6.61 Å². The van der Waals surface area contributed by atoms with Crippen LogP contribution in [0.2, 0.25) is 0 Å². The summed E-state index contributed by atoms with van der Waals surface area (Å²) in [5, 5.41) is 0. The summed E-state index contributed by atoms with van der Waals surface area (Å²) < 4.78 is 5.00. The average molecular weight is 212 g/mol. The van der Waals surface area contributed by atoms with E-state index in [1.165, 1.54) is 19.3 Å². The van der Waals surface area contributed by atoms with Gasteiger partial charge < -0.3 is 15.4 Å². The molecule has 1 amide bonds. The van der Waals surface area contributed by atoms with Gasteiger partial charge in [-0.1, -0.05) is 19.3 Å². The number of amides is 1. The Morgan fingerprint density at radius 2 is 2.13 bits per heavy atom. The summed E-state index contributed by atoms with van der Waals surface area (Å²) in [5.41, 5.74) is 5.80. The quantitative estimate of drug-likeness (QED) is 0.703. The number of hydrogen-bond donors (Lipinski definition) is 1. The summed E-state index contributed by atoms with van der Waals surface area (Å²) in [7, 11) is 0. The standard InChI is InChI=1S/C11H20N2O2/c12-8-9-4-2-1-3-5-10(9)13-6-7-15-11(13)14/h9-10H,1-8,12H2. The van der Waals surface area contributed by atoms with Gasteiger partial charge in [-0.2, -0.15) is 0 Å². The molecule has 15 heavy (non-hydrogen) atoms. The highest BCUT2D eigenvalue weighted by Gasteiger charge is 2.34. The fraction of sp³-hybridized carbons (Fsp3) is 0.909. The van der Waals surface area contributed by atoms with Crippen LogP contribution in [-0.4, -0.2) is 36.7 Å². The molecule has 1 aliphatic heterocycles. The second-order valence-corrected chi connectivity index (χ2v) is 4.51. The average Bonchev–Trinajstić information content (AvgIpc) is 2.54. The first kappa shape index (κ1) is 10.7. The first-order chi connectivity index (χ1) is 7.33. The van der Waals surface area contributed by atoms with E-state index in [2.05, 4.69) is 0 Å². The van der Waals surface area contributed by atoms with Crippen molar-refractivity contribution in [1.29, 1.82) is 0 Å². The van der Waals surface area contributed by atoms with Crippen molar-refractivity contribution >= 4 is 6.09 Å². The van der Waals surface area contributed by atoms with E-state index < -0.39 is 0 Å². The zero-order chi connectivity index (χ0) is 10.7. The number of hydrogen-bond acceptors (Lipinski definition) is 3. The smallest absolute Gasteiger partial charge is 0.410 e. The molecule has 0 aromatic rings. The summed E-state index contributed by atoms with van der Waals surface area (Å²) in [4.78, 5) is 13.4. The van der Waals surface area contributed by atoms with Crippen molar-refractivity contribution < 1.29 is 9.53 Å². The molecule has 2 N–H and O–H groups in total. The van der Waals surface area contributed by atoms with Crippen molar-refractivity contribution in [2.45, 2.75) is 38.1 Å². The van der Waals surface area contributed by atoms with Crippen molar-refractivity contribution in [3.63, 3.8) is 0 Å². The van der Waals surface area contributed by atoms with Crippen LogP contribution in [0.3, 0.4) is 0 Å². The molecule has 2 rings (SSSR count). The monoisotopic (exact) mass is 212 g/mol. The van der Waals surface area contributed by atoms with Crippen molar-refractivity contribution in [3.05, 3.63) is 0 Å². The van der Waals surface area contributed by atoms with E-state index in [4.69, 9.17) is 10.5 Å². The SMILES string of the molecule is NCC1CCCCCC1N1CCOC1=O. The number of nitrogens with two attached hydrogens (primary N) is 1. The molecule has 2 fully saturated rings. The largest absolute Gasteiger partial charge is 0.448 e. The highest BCUT2D eigenvalue weighted by Crippen LogP contribution is 2.28. The molecule has 0 aromatic carbocycles. The second-order valence-electron chi connectivity index (χ2n) is 4.51. The zero-order valence-electron chi connectivity index (χ0n) is 9.15. The summed E-state index contributed by atoms with van der Waals surface area (Å²) >= 11 is 0. The second kappa shape index (κ2) is 4.84. The third-order valence-corrected chi connectivity index (χ3v) is 3.61. The number of nitrogens with zero attached hydrogens (tertiary/aromatic N) is 1. The third-order valence-electron chi connectivity index (χ3n) is 3.61. The molecule has 1 saturated carbocycles. The molecule has 86 valence electrons. The number of carbonyl (C=O) groups excluding carboxylic acids is 1. The zero-order valence-corrected chi connectivity index (χ0v) is 9.15. The van der Waals surface area contributed by atoms with Crippen LogP contribution in [0.1, 0.15) is 32.1 Å². The van der Waals surface area contributed by atoms with Crippen molar-refractivity contribution in [2.24, 2.45) is 11.7 Å². The first-order valence-electron chi connectivity index (χ1n) is 5.96. The van der Waals surface area contributed by atoms with Gasteiger partial charge in [-0.3, -0.25) is 0 Å². The van der Waals surface area contributed by atoms with Gasteiger partial charge in [-0.15, -0.1) is 0 Å². The molecule has 0 bridgehead atoms. The van der Waals surface area contributed by atoms with Crippen LogP contribution >= 0.6 is 0 Å². The molecule has 0 radical (unpaired) electrons. The van der Waals surface area contributed by atoms with Crippen LogP contribution < -0.4 is 5.73 Å². The Labute approximate surface area is 90.8 Å². The summed E-state index contributed by atoms with van der Waals surface area (Å²) in [5.74, 6) is 0.471. The molecule has 2 aliphatic rings. The molecule has 1 saturated heterocycles. The topological polar surface area (TPSA) is 55.6 Å². The molecule has 0 spiro atoms. The molecule has 1 heterocycles. The Morgan fingerprint density at radius 3 is 2.80 bits per heavy atom. The Morgan fingerprint density at radius 1 is 1.33 bits per heavy atom. The van der Waals surface area contributed by atoms with Gasteiger partial charge in [-0.25, -0.2) is 4.79 Å². The normalized spacial score (nSPS) is 32.6. The molecule has 0 aromatic heterocycles. The summed E-state index contributed by atoms with van der Waals surface area (Å²) in [6, 6.07) is 0.326. The van der Waals surface area contributed by atoms with Gasteiger partial charge in [0.05, 0.1) is 6.54 Å². The van der Waals surface area contributed by atoms with E-state index in [9.17, 15) is 4.79 Å². The summed E-state index contributed by atoms with van der Waals surface area (Å²) in [6.45, 7) is 1.99. The van der Waals surface area contributed by atoms with E-state index >= 15 is 0 Å². The molecule has 4 nitrogen and oxygen atoms in total. The van der Waals surface area contributed by atoms with Crippen molar-refractivity contribution in [3.8, 4) is 0 Å². The lowest BCUT2D eigenvalue weighted by Gasteiger charge is -2.30. The number of ether oxygens (including phenoxy) is 1. The Hall–Kier alpha value is -0.770. The summed E-state index contributed by atoms with van der Waals surface area (Å²) in [6.07, 6.45) is 5.85. The van der Waals surface area contributed by atoms with Gasteiger partial charge in [-0.05, 0) is 25.3 Å². The molecule has 2 unspecified atom stereocenters. The maximum Gasteiger partial charge on any atom is 0.410 e. The lowest BCUT2D eigenvalue weighted by molar-refractivity contribution is 0.132. The fourth-order valence-electron chi connectivity index (χ4n) is 2.76. The fourth-order valence-corrected chi connectivity index (χ4v) is 2.76. The Kier molecular flexibility index (Phi) is 3.46. The van der Waals surface area contributed by atoms with E-state index in [-0.39, 0.29) is 6.09 Å². The maximum atomic E-state index is 11.5. The number of cyclic esters (lactones) is 1. The van der Waals surface area contributed by atoms with Gasteiger partial charge in [0.2, 0.25) is 0 Å². The molecule has 2 atom stereocenters. The van der Waals surface area contributed by atoms with E-state index in [0.29, 0.717) is 25.1 Å². The third kappa shape index (κ3) is 2.25. The van der Waals surface area contributed by atoms with E-state index in [0.717, 1.165) is 19.4 Å². The highest BCUT2D eigenvalue weighted by molar-refractivity contribution is 5.69. The number of rotatable bonds is 2. The van der Waals surface area contributed by atoms with Crippen LogP contribution in [0.4, 0.5) is 4.79 Å². The highest BCUT2D eigenvalue weighted by atomic mass is 16.6. The Bertz CT molecular complexity index is 233. The van der Waals surface area contributed by atoms with Crippen LogP contribution in [0, 0.1) is 5.92 Å². The minimum absolute atomic E-state index is 0.139. The molecule has 1 aliphatic carbocycles.